The van der Waals surface area contributed by atoms with Crippen LogP contribution in [-0.2, 0) is 41.0 Å². The van der Waals surface area contributed by atoms with E-state index in [1.165, 1.54) is 6.07 Å². The third-order valence-corrected chi connectivity index (χ3v) is 16.6. The second kappa shape index (κ2) is 14.1. The maximum Gasteiger partial charge on any atom is 0.416 e. The van der Waals surface area contributed by atoms with Crippen LogP contribution in [0.15, 0.2) is 127 Å². The highest BCUT2D eigenvalue weighted by Crippen LogP contribution is 2.63. The molecule has 0 fully saturated rings. The second-order valence-electron chi connectivity index (χ2n) is 22.9. The average molecular weight is 1040 g/mol. The van der Waals surface area contributed by atoms with Gasteiger partial charge >= 0.3 is 24.7 Å². The zero-order valence-corrected chi connectivity index (χ0v) is 41.1. The van der Waals surface area contributed by atoms with E-state index in [0.29, 0.717) is 50.3 Å². The standard InChI is InChI=1S/C61H39BF12N2/c1-55(2,3)30-17-28(18-31(19-30)56(4,5)6)37-27-45-54-49-53(37)75-48-16-15-29(58(63,64)65)20-38(48)39-22-33(60(69,70)71)25-46(51(39)75)62(49)47-26-34(61(72,73)74)23-41-40-21-32(59(66,67)68)24-44(50(40)76(54)52(41)47)57(45)42-13-9-7-11-35(42)36-12-8-10-14-43(36)57/h7-27H,1-6H3. The fraction of sp³-hybridized carbons (Fsp3) is 0.213. The van der Waals surface area contributed by atoms with Gasteiger partial charge in [0.05, 0.1) is 44.4 Å². The number of nitrogens with zero attached hydrogens (tertiary/aromatic N) is 2. The lowest BCUT2D eigenvalue weighted by molar-refractivity contribution is -0.138. The van der Waals surface area contributed by atoms with E-state index >= 15 is 39.5 Å². The molecule has 14 rings (SSSR count). The Morgan fingerprint density at radius 2 is 0.829 bits per heavy atom. The summed E-state index contributed by atoms with van der Waals surface area (Å²) in [6.45, 7) is 10.7. The van der Waals surface area contributed by atoms with Gasteiger partial charge in [-0.05, 0) is 126 Å². The Kier molecular flexibility index (Phi) is 8.76. The second-order valence-corrected chi connectivity index (χ2v) is 22.9. The van der Waals surface area contributed by atoms with Gasteiger partial charge in [0.25, 0.3) is 6.71 Å². The van der Waals surface area contributed by atoms with Gasteiger partial charge in [0, 0.05) is 43.8 Å². The molecule has 0 atom stereocenters. The Morgan fingerprint density at radius 3 is 1.34 bits per heavy atom. The van der Waals surface area contributed by atoms with E-state index in [0.717, 1.165) is 59.7 Å². The molecule has 0 bridgehead atoms. The molecule has 380 valence electrons. The van der Waals surface area contributed by atoms with Gasteiger partial charge < -0.3 is 9.13 Å². The molecule has 0 amide bonds. The van der Waals surface area contributed by atoms with Gasteiger partial charge in [0.1, 0.15) is 0 Å². The molecule has 2 aromatic heterocycles. The molecule has 2 nitrogen and oxygen atoms in total. The Hall–Kier alpha value is -7.42. The van der Waals surface area contributed by atoms with Crippen LogP contribution in [0, 0.1) is 0 Å². The molecule has 15 heteroatoms. The molecule has 0 N–H and O–H groups in total. The molecule has 1 spiro atoms. The van der Waals surface area contributed by atoms with Crippen LogP contribution in [0.25, 0.3) is 77.2 Å². The fourth-order valence-corrected chi connectivity index (χ4v) is 13.4. The van der Waals surface area contributed by atoms with Gasteiger partial charge in [0.15, 0.2) is 0 Å². The van der Waals surface area contributed by atoms with Crippen LogP contribution in [-0.4, -0.2) is 15.8 Å². The van der Waals surface area contributed by atoms with Crippen molar-refractivity contribution >= 4 is 66.7 Å². The maximum atomic E-state index is 15.8. The smallest absolute Gasteiger partial charge is 0.310 e. The zero-order valence-electron chi connectivity index (χ0n) is 41.1. The number of rotatable bonds is 1. The van der Waals surface area contributed by atoms with Crippen molar-refractivity contribution in [2.45, 2.75) is 82.5 Å². The number of aromatic nitrogens is 2. The largest absolute Gasteiger partial charge is 0.416 e. The van der Waals surface area contributed by atoms with E-state index in [2.05, 4.69) is 6.07 Å². The lowest BCUT2D eigenvalue weighted by Crippen LogP contribution is -2.61. The lowest BCUT2D eigenvalue weighted by atomic mass is 9.33. The van der Waals surface area contributed by atoms with E-state index in [1.807, 2.05) is 96.1 Å². The number of hydrogen-bond acceptors (Lipinski definition) is 0. The Balaban J connectivity index is 1.32. The molecule has 0 saturated heterocycles. The third kappa shape index (κ3) is 5.94. The predicted molar refractivity (Wildman–Crippen MR) is 273 cm³/mol. The van der Waals surface area contributed by atoms with Gasteiger partial charge in [0.2, 0.25) is 0 Å². The number of benzene rings is 8. The Bertz CT molecular complexity index is 4240. The van der Waals surface area contributed by atoms with Crippen molar-refractivity contribution in [3.63, 3.8) is 0 Å². The third-order valence-electron chi connectivity index (χ3n) is 16.6. The fourth-order valence-electron chi connectivity index (χ4n) is 13.4. The number of alkyl halides is 12. The van der Waals surface area contributed by atoms with Crippen LogP contribution in [0.5, 0.6) is 0 Å². The first-order valence-corrected chi connectivity index (χ1v) is 24.6. The number of hydrogen-bond donors (Lipinski definition) is 0. The molecule has 10 aromatic rings. The summed E-state index contributed by atoms with van der Waals surface area (Å²) in [5, 5.41) is -0.701. The first kappa shape index (κ1) is 47.1. The predicted octanol–water partition coefficient (Wildman–Crippen LogP) is 16.0. The minimum absolute atomic E-state index is 0.0568. The van der Waals surface area contributed by atoms with Crippen molar-refractivity contribution in [1.29, 1.82) is 0 Å². The van der Waals surface area contributed by atoms with Crippen molar-refractivity contribution < 1.29 is 52.7 Å². The van der Waals surface area contributed by atoms with Gasteiger partial charge in [-0.15, -0.1) is 0 Å². The summed E-state index contributed by atoms with van der Waals surface area (Å²) in [5.74, 6) is 0. The van der Waals surface area contributed by atoms with Gasteiger partial charge in [-0.1, -0.05) is 120 Å². The van der Waals surface area contributed by atoms with Crippen molar-refractivity contribution in [2.24, 2.45) is 0 Å². The first-order chi connectivity index (χ1) is 35.5. The molecular formula is C61H39BF12N2. The average Bonchev–Trinajstić information content (AvgIpc) is 4.16. The molecule has 0 radical (unpaired) electrons. The lowest BCUT2D eigenvalue weighted by Gasteiger charge is -2.45. The maximum absolute atomic E-state index is 15.8. The highest BCUT2D eigenvalue weighted by molar-refractivity contribution is 7.00. The summed E-state index contributed by atoms with van der Waals surface area (Å²) in [6.07, 6.45) is -20.1. The number of halogens is 12. The van der Waals surface area contributed by atoms with Gasteiger partial charge in [-0.25, -0.2) is 0 Å². The molecule has 8 aromatic carbocycles. The molecule has 3 aliphatic heterocycles. The minimum atomic E-state index is -5.11. The topological polar surface area (TPSA) is 9.86 Å². The van der Waals surface area contributed by atoms with Crippen LogP contribution < -0.4 is 16.4 Å². The van der Waals surface area contributed by atoms with Crippen molar-refractivity contribution in [3.8, 4) is 33.6 Å². The highest BCUT2D eigenvalue weighted by atomic mass is 19.4. The first-order valence-electron chi connectivity index (χ1n) is 24.6. The molecule has 76 heavy (non-hydrogen) atoms. The van der Waals surface area contributed by atoms with Crippen LogP contribution in [0.4, 0.5) is 52.7 Å². The number of fused-ring (bicyclic) bond motifs is 14. The molecule has 5 heterocycles. The van der Waals surface area contributed by atoms with Crippen molar-refractivity contribution in [1.82, 2.24) is 9.13 Å². The van der Waals surface area contributed by atoms with E-state index in [-0.39, 0.29) is 65.6 Å². The van der Waals surface area contributed by atoms with Crippen LogP contribution in [0.2, 0.25) is 0 Å². The highest BCUT2D eigenvalue weighted by Gasteiger charge is 2.56. The summed E-state index contributed by atoms with van der Waals surface area (Å²) >= 11 is 0. The summed E-state index contributed by atoms with van der Waals surface area (Å²) in [5.41, 5.74) is -0.415. The van der Waals surface area contributed by atoms with E-state index in [9.17, 15) is 13.2 Å². The van der Waals surface area contributed by atoms with E-state index in [1.54, 1.807) is 21.3 Å². The molecular weight excluding hydrogens is 999 g/mol. The van der Waals surface area contributed by atoms with E-state index in [4.69, 9.17) is 0 Å². The normalized spacial score (nSPS) is 15.3. The molecule has 4 aliphatic rings. The summed E-state index contributed by atoms with van der Waals surface area (Å²) in [4.78, 5) is 0. The van der Waals surface area contributed by atoms with Crippen LogP contribution in [0.1, 0.15) is 97.2 Å². The summed E-state index contributed by atoms with van der Waals surface area (Å²) in [7, 11) is 0. The van der Waals surface area contributed by atoms with Gasteiger partial charge in [-0.2, -0.15) is 52.7 Å². The van der Waals surface area contributed by atoms with E-state index < -0.39 is 69.9 Å². The van der Waals surface area contributed by atoms with Gasteiger partial charge in [-0.3, -0.25) is 0 Å². The molecule has 0 unspecified atom stereocenters. The summed E-state index contributed by atoms with van der Waals surface area (Å²) in [6, 6.07) is 30.8. The van der Waals surface area contributed by atoms with Crippen molar-refractivity contribution in [2.75, 3.05) is 0 Å². The summed E-state index contributed by atoms with van der Waals surface area (Å²) < 4.78 is 189. The molecule has 1 aliphatic carbocycles. The quantitative estimate of drug-likeness (QED) is 0.115. The Labute approximate surface area is 426 Å². The zero-order chi connectivity index (χ0) is 53.7. The van der Waals surface area contributed by atoms with Crippen LogP contribution >= 0.6 is 0 Å². The SMILES string of the molecule is CC(C)(C)c1cc(-c2cc3c4c5c2-n2c6ccc(C(F)(F)F)cc6c6cc(C(F)(F)F)cc(c62)B5c2cc(C(F)(F)F)cc5c6cc(C(F)(F)F)cc(c6n-4c25)C32c3ccccc3-c3ccccc32)cc(C(C)(C)C)c1. The minimum Gasteiger partial charge on any atom is -0.310 e. The molecule has 0 saturated carbocycles. The van der Waals surface area contributed by atoms with Crippen molar-refractivity contribution in [3.05, 3.63) is 183 Å². The van der Waals surface area contributed by atoms with Crippen LogP contribution in [0.3, 0.4) is 0 Å². The monoisotopic (exact) mass is 1040 g/mol. The Morgan fingerprint density at radius 1 is 0.368 bits per heavy atom.